The van der Waals surface area contributed by atoms with Crippen molar-refractivity contribution >= 4 is 15.7 Å². The summed E-state index contributed by atoms with van der Waals surface area (Å²) in [6, 6.07) is 0. The topological polar surface area (TPSA) is 0 Å². The van der Waals surface area contributed by atoms with Crippen LogP contribution >= 0.6 is 0 Å². The third kappa shape index (κ3) is 2.41. The molecule has 0 aromatic rings. The van der Waals surface area contributed by atoms with E-state index >= 15 is 0 Å². The molecule has 3 fully saturated rings. The quantitative estimate of drug-likeness (QED) is 0.623. The molecule has 2 unspecified atom stereocenters. The Labute approximate surface area is 117 Å². The van der Waals surface area contributed by atoms with E-state index in [1.807, 2.05) is 0 Å². The lowest BCUT2D eigenvalue weighted by molar-refractivity contribution is 0.150. The number of hydrogen-bond acceptors (Lipinski definition) is 0. The van der Waals surface area contributed by atoms with Gasteiger partial charge in [0, 0.05) is 0 Å². The van der Waals surface area contributed by atoms with Gasteiger partial charge >= 0.3 is 0 Å². The molecule has 3 aliphatic carbocycles. The first kappa shape index (κ1) is 14.5. The van der Waals surface area contributed by atoms with Crippen molar-refractivity contribution in [3.8, 4) is 0 Å². The molecule has 0 nitrogen and oxygen atoms in total. The van der Waals surface area contributed by atoms with Crippen molar-refractivity contribution in [2.75, 3.05) is 0 Å². The maximum atomic E-state index is 6.69. The van der Waals surface area contributed by atoms with Crippen molar-refractivity contribution in [3.63, 3.8) is 0 Å². The Morgan fingerprint density at radius 1 is 1.00 bits per heavy atom. The van der Waals surface area contributed by atoms with Crippen LogP contribution in [-0.4, -0.2) is 15.7 Å². The van der Waals surface area contributed by atoms with E-state index in [1.165, 1.54) is 38.5 Å². The van der Waals surface area contributed by atoms with Gasteiger partial charge in [-0.25, -0.2) is 0 Å². The SMILES string of the molecule is [B]C([B])(C1CCC2CC(C2)C1)C(C)(CC)CCC. The van der Waals surface area contributed by atoms with E-state index in [0.29, 0.717) is 5.92 Å². The lowest BCUT2D eigenvalue weighted by Gasteiger charge is -2.51. The maximum absolute atomic E-state index is 6.69. The first-order valence-electron chi connectivity index (χ1n) is 8.00. The van der Waals surface area contributed by atoms with E-state index in [1.54, 1.807) is 0 Å². The number of hydrogen-bond donors (Lipinski definition) is 0. The molecule has 3 aliphatic rings. The molecule has 0 aromatic heterocycles. The molecule has 2 heteroatoms. The van der Waals surface area contributed by atoms with Crippen LogP contribution in [0, 0.1) is 23.2 Å². The Morgan fingerprint density at radius 3 is 2.22 bits per heavy atom. The molecular weight excluding hydrogens is 214 g/mol. The first-order chi connectivity index (χ1) is 8.43. The second-order valence-electron chi connectivity index (χ2n) is 7.31. The molecule has 0 amide bonds. The van der Waals surface area contributed by atoms with E-state index in [-0.39, 0.29) is 5.41 Å². The summed E-state index contributed by atoms with van der Waals surface area (Å²) in [6.45, 7) is 6.81. The van der Waals surface area contributed by atoms with Gasteiger partial charge in [-0.1, -0.05) is 57.6 Å². The Morgan fingerprint density at radius 2 is 1.67 bits per heavy atom. The summed E-state index contributed by atoms with van der Waals surface area (Å²) in [5.41, 5.74) is 0.0984. The molecule has 2 atom stereocenters. The summed E-state index contributed by atoms with van der Waals surface area (Å²) in [6.07, 6.45) is 10.2. The fourth-order valence-corrected chi connectivity index (χ4v) is 4.44. The molecule has 0 spiro atoms. The highest BCUT2D eigenvalue weighted by Crippen LogP contribution is 2.58. The van der Waals surface area contributed by atoms with Gasteiger partial charge in [0.15, 0.2) is 0 Å². The smallest absolute Gasteiger partial charge is 0.0631 e. The maximum Gasteiger partial charge on any atom is 0.0631 e. The summed E-state index contributed by atoms with van der Waals surface area (Å²) in [5.74, 6) is 2.46. The van der Waals surface area contributed by atoms with Crippen LogP contribution in [0.3, 0.4) is 0 Å². The van der Waals surface area contributed by atoms with Gasteiger partial charge in [0.25, 0.3) is 0 Å². The number of rotatable bonds is 5. The van der Waals surface area contributed by atoms with Crippen LogP contribution in [0.25, 0.3) is 0 Å². The van der Waals surface area contributed by atoms with Crippen LogP contribution in [-0.2, 0) is 0 Å². The zero-order chi connectivity index (χ0) is 13.4. The van der Waals surface area contributed by atoms with Crippen molar-refractivity contribution < 1.29 is 0 Å². The Kier molecular flexibility index (Phi) is 4.24. The molecule has 4 radical (unpaired) electrons. The average Bonchev–Trinajstić information content (AvgIpc) is 2.61. The first-order valence-corrected chi connectivity index (χ1v) is 8.00. The van der Waals surface area contributed by atoms with Crippen LogP contribution in [0.15, 0.2) is 0 Å². The fraction of sp³-hybridized carbons (Fsp3) is 1.00. The van der Waals surface area contributed by atoms with E-state index in [9.17, 15) is 0 Å². The van der Waals surface area contributed by atoms with E-state index in [0.717, 1.165) is 24.7 Å². The zero-order valence-electron chi connectivity index (χ0n) is 12.5. The molecule has 18 heavy (non-hydrogen) atoms. The van der Waals surface area contributed by atoms with E-state index in [4.69, 9.17) is 15.7 Å². The Bertz CT molecular complexity index is 281. The highest BCUT2D eigenvalue weighted by atomic mass is 14.5. The van der Waals surface area contributed by atoms with Crippen LogP contribution < -0.4 is 0 Å². The van der Waals surface area contributed by atoms with Gasteiger partial charge in [-0.05, 0) is 42.9 Å². The van der Waals surface area contributed by atoms with Gasteiger partial charge in [-0.2, -0.15) is 0 Å². The van der Waals surface area contributed by atoms with Gasteiger partial charge in [-0.15, -0.1) is 0 Å². The van der Waals surface area contributed by atoms with Crippen molar-refractivity contribution in [2.45, 2.75) is 77.4 Å². The number of fused-ring (bicyclic) bond motifs is 3. The zero-order valence-corrected chi connectivity index (χ0v) is 12.5. The van der Waals surface area contributed by atoms with Crippen molar-refractivity contribution in [1.29, 1.82) is 0 Å². The molecule has 2 bridgehead atoms. The second kappa shape index (κ2) is 5.25. The predicted molar refractivity (Wildman–Crippen MR) is 81.1 cm³/mol. The van der Waals surface area contributed by atoms with E-state index in [2.05, 4.69) is 20.8 Å². The summed E-state index contributed by atoms with van der Waals surface area (Å²) in [7, 11) is 13.4. The minimum Gasteiger partial charge on any atom is -0.0911 e. The third-order valence-corrected chi connectivity index (χ3v) is 6.18. The van der Waals surface area contributed by atoms with Gasteiger partial charge in [0.05, 0.1) is 15.7 Å². The largest absolute Gasteiger partial charge is 0.0911 e. The van der Waals surface area contributed by atoms with Crippen molar-refractivity contribution in [2.24, 2.45) is 23.2 Å². The van der Waals surface area contributed by atoms with Crippen LogP contribution in [0.1, 0.15) is 72.1 Å². The minimum atomic E-state index is -0.477. The van der Waals surface area contributed by atoms with Gasteiger partial charge in [-0.3, -0.25) is 0 Å². The van der Waals surface area contributed by atoms with Crippen LogP contribution in [0.4, 0.5) is 0 Å². The standard InChI is InChI=1S/C16H28B2/c1-4-8-15(3,5-2)16(17,18)14-7-6-12-9-13(10-12)11-14/h12-14H,4-11H2,1-3H3. The van der Waals surface area contributed by atoms with Gasteiger partial charge in [0.1, 0.15) is 0 Å². The van der Waals surface area contributed by atoms with Crippen LogP contribution in [0.5, 0.6) is 0 Å². The molecule has 0 aliphatic heterocycles. The molecule has 0 N–H and O–H groups in total. The predicted octanol–water partition coefficient (Wildman–Crippen LogP) is 4.48. The van der Waals surface area contributed by atoms with Gasteiger partial charge < -0.3 is 0 Å². The lowest BCUT2D eigenvalue weighted by atomic mass is 9.35. The molecule has 3 saturated carbocycles. The van der Waals surface area contributed by atoms with Crippen molar-refractivity contribution in [1.82, 2.24) is 0 Å². The molecule has 0 heterocycles. The molecule has 98 valence electrons. The van der Waals surface area contributed by atoms with Crippen LogP contribution in [0.2, 0.25) is 5.21 Å². The second-order valence-corrected chi connectivity index (χ2v) is 7.31. The normalized spacial score (nSPS) is 35.4. The Hall–Kier alpha value is 0.130. The van der Waals surface area contributed by atoms with E-state index < -0.39 is 5.21 Å². The monoisotopic (exact) mass is 242 g/mol. The summed E-state index contributed by atoms with van der Waals surface area (Å²) in [5, 5.41) is -0.477. The summed E-state index contributed by atoms with van der Waals surface area (Å²) < 4.78 is 0. The fourth-order valence-electron chi connectivity index (χ4n) is 4.44. The molecule has 3 rings (SSSR count). The lowest BCUT2D eigenvalue weighted by Crippen LogP contribution is -2.41. The highest BCUT2D eigenvalue weighted by molar-refractivity contribution is 6.40. The van der Waals surface area contributed by atoms with Gasteiger partial charge in [0.2, 0.25) is 0 Å². The van der Waals surface area contributed by atoms with Crippen molar-refractivity contribution in [3.05, 3.63) is 0 Å². The molecule has 0 saturated heterocycles. The third-order valence-electron chi connectivity index (χ3n) is 6.18. The minimum absolute atomic E-state index is 0.0984. The summed E-state index contributed by atoms with van der Waals surface area (Å²) >= 11 is 0. The Balaban J connectivity index is 2.12. The average molecular weight is 242 g/mol. The molecule has 0 aromatic carbocycles. The summed E-state index contributed by atoms with van der Waals surface area (Å²) in [4.78, 5) is 0. The highest BCUT2D eigenvalue weighted by Gasteiger charge is 2.46. The molecular formula is C16H28B2.